The standard InChI is InChI=1S/C7H13NO/c1-2-3-6-4-9-5-7(6)8/h2,6-7H,1,3-5,8H2/t6-,7+/m0/s1. The summed E-state index contributed by atoms with van der Waals surface area (Å²) in [6.45, 7) is 5.18. The van der Waals surface area contributed by atoms with E-state index in [9.17, 15) is 0 Å². The SMILES string of the molecule is C=CC[C@H]1COC[C@H]1N. The maximum absolute atomic E-state index is 5.69. The quantitative estimate of drug-likeness (QED) is 0.549. The van der Waals surface area contributed by atoms with Crippen LogP contribution in [0.1, 0.15) is 6.42 Å². The first-order chi connectivity index (χ1) is 4.34. The zero-order chi connectivity index (χ0) is 6.69. The molecule has 1 heterocycles. The highest BCUT2D eigenvalue weighted by Crippen LogP contribution is 2.15. The van der Waals surface area contributed by atoms with E-state index in [0.29, 0.717) is 5.92 Å². The fourth-order valence-corrected chi connectivity index (χ4v) is 1.07. The van der Waals surface area contributed by atoms with Crippen molar-refractivity contribution in [2.24, 2.45) is 11.7 Å². The van der Waals surface area contributed by atoms with Crippen LogP contribution in [0.25, 0.3) is 0 Å². The van der Waals surface area contributed by atoms with Gasteiger partial charge < -0.3 is 10.5 Å². The molecule has 2 atom stereocenters. The van der Waals surface area contributed by atoms with Crippen molar-refractivity contribution in [1.82, 2.24) is 0 Å². The molecular formula is C7H13NO. The molecule has 0 amide bonds. The summed E-state index contributed by atoms with van der Waals surface area (Å²) in [6, 6.07) is 0.239. The molecule has 1 aliphatic rings. The van der Waals surface area contributed by atoms with Gasteiger partial charge in [-0.2, -0.15) is 0 Å². The molecule has 1 rings (SSSR count). The van der Waals surface area contributed by atoms with Crippen molar-refractivity contribution >= 4 is 0 Å². The third-order valence-corrected chi connectivity index (χ3v) is 1.72. The van der Waals surface area contributed by atoms with Gasteiger partial charge in [-0.3, -0.25) is 0 Å². The Morgan fingerprint density at radius 3 is 2.89 bits per heavy atom. The van der Waals surface area contributed by atoms with Gasteiger partial charge >= 0.3 is 0 Å². The van der Waals surface area contributed by atoms with E-state index in [1.807, 2.05) is 6.08 Å². The first-order valence-electron chi connectivity index (χ1n) is 3.29. The van der Waals surface area contributed by atoms with Gasteiger partial charge in [-0.15, -0.1) is 6.58 Å². The summed E-state index contributed by atoms with van der Waals surface area (Å²) in [5.74, 6) is 0.516. The minimum atomic E-state index is 0.239. The summed E-state index contributed by atoms with van der Waals surface area (Å²) in [5.41, 5.74) is 5.69. The summed E-state index contributed by atoms with van der Waals surface area (Å²) in [7, 11) is 0. The Balaban J connectivity index is 2.30. The average molecular weight is 127 g/mol. The Morgan fingerprint density at radius 1 is 1.67 bits per heavy atom. The molecule has 0 spiro atoms. The predicted octanol–water partition coefficient (Wildman–Crippen LogP) is 0.536. The zero-order valence-corrected chi connectivity index (χ0v) is 5.55. The van der Waals surface area contributed by atoms with Crippen LogP contribution in [0.3, 0.4) is 0 Å². The van der Waals surface area contributed by atoms with Crippen LogP contribution in [0, 0.1) is 5.92 Å². The van der Waals surface area contributed by atoms with Gasteiger partial charge in [0.1, 0.15) is 0 Å². The molecule has 2 N–H and O–H groups in total. The van der Waals surface area contributed by atoms with Crippen LogP contribution in [-0.2, 0) is 4.74 Å². The van der Waals surface area contributed by atoms with Crippen molar-refractivity contribution in [3.05, 3.63) is 12.7 Å². The Bertz CT molecular complexity index is 103. The topological polar surface area (TPSA) is 35.2 Å². The fourth-order valence-electron chi connectivity index (χ4n) is 1.07. The van der Waals surface area contributed by atoms with E-state index in [4.69, 9.17) is 10.5 Å². The van der Waals surface area contributed by atoms with Crippen molar-refractivity contribution in [2.45, 2.75) is 12.5 Å². The van der Waals surface area contributed by atoms with Crippen molar-refractivity contribution in [1.29, 1.82) is 0 Å². The molecule has 2 nitrogen and oxygen atoms in total. The minimum absolute atomic E-state index is 0.239. The van der Waals surface area contributed by atoms with Crippen molar-refractivity contribution < 1.29 is 4.74 Å². The van der Waals surface area contributed by atoms with Crippen LogP contribution >= 0.6 is 0 Å². The Hall–Kier alpha value is -0.340. The zero-order valence-electron chi connectivity index (χ0n) is 5.55. The Morgan fingerprint density at radius 2 is 2.44 bits per heavy atom. The summed E-state index contributed by atoms with van der Waals surface area (Å²) < 4.78 is 5.15. The molecular weight excluding hydrogens is 114 g/mol. The van der Waals surface area contributed by atoms with Gasteiger partial charge in [0.25, 0.3) is 0 Å². The number of hydrogen-bond acceptors (Lipinski definition) is 2. The molecule has 1 aliphatic heterocycles. The normalized spacial score (nSPS) is 34.8. The van der Waals surface area contributed by atoms with Crippen LogP contribution in [0.5, 0.6) is 0 Å². The third kappa shape index (κ3) is 1.53. The summed E-state index contributed by atoms with van der Waals surface area (Å²) in [6.07, 6.45) is 2.89. The number of allylic oxidation sites excluding steroid dienone is 1. The average Bonchev–Trinajstić information content (AvgIpc) is 2.18. The van der Waals surface area contributed by atoms with Gasteiger partial charge in [0.15, 0.2) is 0 Å². The van der Waals surface area contributed by atoms with Crippen LogP contribution in [0.15, 0.2) is 12.7 Å². The van der Waals surface area contributed by atoms with Gasteiger partial charge in [0, 0.05) is 12.0 Å². The minimum Gasteiger partial charge on any atom is -0.379 e. The molecule has 0 saturated carbocycles. The first-order valence-corrected chi connectivity index (χ1v) is 3.29. The van der Waals surface area contributed by atoms with E-state index in [0.717, 1.165) is 19.6 Å². The smallest absolute Gasteiger partial charge is 0.0621 e. The summed E-state index contributed by atoms with van der Waals surface area (Å²) in [4.78, 5) is 0. The van der Waals surface area contributed by atoms with Crippen molar-refractivity contribution in [3.63, 3.8) is 0 Å². The second-order valence-electron chi connectivity index (χ2n) is 2.49. The van der Waals surface area contributed by atoms with Gasteiger partial charge in [-0.25, -0.2) is 0 Å². The second kappa shape index (κ2) is 2.99. The van der Waals surface area contributed by atoms with Gasteiger partial charge in [-0.1, -0.05) is 6.08 Å². The van der Waals surface area contributed by atoms with Gasteiger partial charge in [-0.05, 0) is 6.42 Å². The van der Waals surface area contributed by atoms with E-state index >= 15 is 0 Å². The van der Waals surface area contributed by atoms with Crippen LogP contribution in [-0.4, -0.2) is 19.3 Å². The lowest BCUT2D eigenvalue weighted by atomic mass is 10.0. The first kappa shape index (κ1) is 6.78. The molecule has 0 aromatic rings. The molecule has 1 fully saturated rings. The molecule has 0 radical (unpaired) electrons. The highest BCUT2D eigenvalue weighted by molar-refractivity contribution is 4.83. The van der Waals surface area contributed by atoms with E-state index < -0.39 is 0 Å². The number of nitrogens with two attached hydrogens (primary N) is 1. The number of ether oxygens (including phenoxy) is 1. The lowest BCUT2D eigenvalue weighted by molar-refractivity contribution is 0.184. The van der Waals surface area contributed by atoms with Crippen LogP contribution < -0.4 is 5.73 Å². The van der Waals surface area contributed by atoms with Gasteiger partial charge in [0.2, 0.25) is 0 Å². The third-order valence-electron chi connectivity index (χ3n) is 1.72. The van der Waals surface area contributed by atoms with E-state index in [1.54, 1.807) is 0 Å². The van der Waals surface area contributed by atoms with Crippen LogP contribution in [0.2, 0.25) is 0 Å². The monoisotopic (exact) mass is 127 g/mol. The highest BCUT2D eigenvalue weighted by Gasteiger charge is 2.22. The molecule has 0 unspecified atom stereocenters. The van der Waals surface area contributed by atoms with Gasteiger partial charge in [0.05, 0.1) is 13.2 Å². The van der Waals surface area contributed by atoms with Crippen LogP contribution in [0.4, 0.5) is 0 Å². The van der Waals surface area contributed by atoms with E-state index in [1.165, 1.54) is 0 Å². The Kier molecular flexibility index (Phi) is 2.25. The molecule has 9 heavy (non-hydrogen) atoms. The molecule has 0 aliphatic carbocycles. The molecule has 1 saturated heterocycles. The lowest BCUT2D eigenvalue weighted by Gasteiger charge is -2.08. The molecule has 0 aromatic heterocycles. The Labute approximate surface area is 55.7 Å². The maximum Gasteiger partial charge on any atom is 0.0621 e. The predicted molar refractivity (Wildman–Crippen MR) is 37.1 cm³/mol. The largest absolute Gasteiger partial charge is 0.379 e. The van der Waals surface area contributed by atoms with Crippen molar-refractivity contribution in [3.8, 4) is 0 Å². The number of rotatable bonds is 2. The number of hydrogen-bond donors (Lipinski definition) is 1. The van der Waals surface area contributed by atoms with Crippen molar-refractivity contribution in [2.75, 3.05) is 13.2 Å². The lowest BCUT2D eigenvalue weighted by Crippen LogP contribution is -2.27. The maximum atomic E-state index is 5.69. The summed E-state index contributed by atoms with van der Waals surface area (Å²) in [5, 5.41) is 0. The summed E-state index contributed by atoms with van der Waals surface area (Å²) >= 11 is 0. The van der Waals surface area contributed by atoms with E-state index in [2.05, 4.69) is 6.58 Å². The molecule has 52 valence electrons. The molecule has 2 heteroatoms. The fraction of sp³-hybridized carbons (Fsp3) is 0.714. The molecule has 0 aromatic carbocycles. The highest BCUT2D eigenvalue weighted by atomic mass is 16.5. The molecule has 0 bridgehead atoms. The second-order valence-corrected chi connectivity index (χ2v) is 2.49. The van der Waals surface area contributed by atoms with E-state index in [-0.39, 0.29) is 6.04 Å².